The van der Waals surface area contributed by atoms with Crippen LogP contribution in [0.2, 0.25) is 0 Å². The Morgan fingerprint density at radius 1 is 1.44 bits per heavy atom. The zero-order valence-electron chi connectivity index (χ0n) is 9.18. The van der Waals surface area contributed by atoms with Crippen LogP contribution >= 0.6 is 31.9 Å². The second-order valence-electron chi connectivity index (χ2n) is 3.73. The molecule has 1 atom stereocenters. The number of carbonyl (C=O) groups excluding carboxylic acids is 1. The van der Waals surface area contributed by atoms with Gasteiger partial charge < -0.3 is 11.1 Å². The van der Waals surface area contributed by atoms with E-state index in [1.807, 2.05) is 19.1 Å². The molecule has 0 spiro atoms. The number of hydrogen-bond donors (Lipinski definition) is 2. The van der Waals surface area contributed by atoms with Crippen LogP contribution in [0.1, 0.15) is 12.5 Å². The lowest BCUT2D eigenvalue weighted by Gasteiger charge is -2.13. The van der Waals surface area contributed by atoms with Gasteiger partial charge in [0, 0.05) is 21.4 Å². The van der Waals surface area contributed by atoms with Crippen molar-refractivity contribution in [3.05, 3.63) is 26.6 Å². The van der Waals surface area contributed by atoms with Gasteiger partial charge in [-0.25, -0.2) is 0 Å². The van der Waals surface area contributed by atoms with Crippen LogP contribution in [0.25, 0.3) is 0 Å². The first-order chi connectivity index (χ1) is 7.45. The second kappa shape index (κ2) is 5.80. The highest BCUT2D eigenvalue weighted by atomic mass is 79.9. The van der Waals surface area contributed by atoms with Crippen LogP contribution in [-0.2, 0) is 4.79 Å². The van der Waals surface area contributed by atoms with Crippen molar-refractivity contribution >= 4 is 43.5 Å². The Morgan fingerprint density at radius 3 is 2.38 bits per heavy atom. The van der Waals surface area contributed by atoms with E-state index < -0.39 is 0 Å². The topological polar surface area (TPSA) is 55.1 Å². The van der Waals surface area contributed by atoms with E-state index in [9.17, 15) is 4.79 Å². The Morgan fingerprint density at radius 2 is 1.94 bits per heavy atom. The fraction of sp³-hybridized carbons (Fsp3) is 0.364. The maximum absolute atomic E-state index is 11.7. The maximum Gasteiger partial charge on any atom is 0.228 e. The summed E-state index contributed by atoms with van der Waals surface area (Å²) in [6.07, 6.45) is 0. The molecule has 0 saturated heterocycles. The van der Waals surface area contributed by atoms with Gasteiger partial charge in [-0.1, -0.05) is 6.92 Å². The number of benzene rings is 1. The molecule has 1 amide bonds. The molecule has 1 aromatic carbocycles. The van der Waals surface area contributed by atoms with E-state index in [1.54, 1.807) is 6.92 Å². The van der Waals surface area contributed by atoms with Crippen molar-refractivity contribution < 1.29 is 4.79 Å². The molecule has 0 bridgehead atoms. The van der Waals surface area contributed by atoms with E-state index in [0.29, 0.717) is 6.54 Å². The van der Waals surface area contributed by atoms with Crippen molar-refractivity contribution in [3.63, 3.8) is 0 Å². The fourth-order valence-electron chi connectivity index (χ4n) is 1.17. The highest BCUT2D eigenvalue weighted by molar-refractivity contribution is 9.11. The van der Waals surface area contributed by atoms with Gasteiger partial charge in [-0.2, -0.15) is 0 Å². The molecule has 0 saturated carbocycles. The molecule has 0 fully saturated rings. The van der Waals surface area contributed by atoms with Crippen molar-refractivity contribution in [1.82, 2.24) is 0 Å². The number of hydrogen-bond acceptors (Lipinski definition) is 2. The number of halogens is 2. The third kappa shape index (κ3) is 3.30. The molecular formula is C11H14Br2N2O. The quantitative estimate of drug-likeness (QED) is 0.881. The van der Waals surface area contributed by atoms with E-state index in [0.717, 1.165) is 20.2 Å². The predicted octanol–water partition coefficient (Wildman–Crippen LogP) is 3.05. The molecule has 1 aromatic rings. The largest absolute Gasteiger partial charge is 0.330 e. The number of amides is 1. The third-order valence-electron chi connectivity index (χ3n) is 2.24. The van der Waals surface area contributed by atoms with Crippen LogP contribution in [0.4, 0.5) is 5.69 Å². The molecular weight excluding hydrogens is 336 g/mol. The molecule has 0 heterocycles. The molecule has 88 valence electrons. The summed E-state index contributed by atoms with van der Waals surface area (Å²) in [5, 5.41) is 2.84. The average Bonchev–Trinajstić information content (AvgIpc) is 2.21. The number of aryl methyl sites for hydroxylation is 1. The smallest absolute Gasteiger partial charge is 0.228 e. The molecule has 16 heavy (non-hydrogen) atoms. The Bertz CT molecular complexity index is 384. The number of carbonyl (C=O) groups is 1. The standard InChI is InChI=1S/C11H14Br2N2O/c1-6-3-8(12)10(9(13)4-6)15-11(16)7(2)5-14/h3-4,7H,5,14H2,1-2H3,(H,15,16). The van der Waals surface area contributed by atoms with Gasteiger partial charge >= 0.3 is 0 Å². The summed E-state index contributed by atoms with van der Waals surface area (Å²) < 4.78 is 1.72. The summed E-state index contributed by atoms with van der Waals surface area (Å²) in [6, 6.07) is 3.90. The highest BCUT2D eigenvalue weighted by Gasteiger charge is 2.14. The van der Waals surface area contributed by atoms with Crippen LogP contribution in [0.3, 0.4) is 0 Å². The molecule has 5 heteroatoms. The zero-order chi connectivity index (χ0) is 12.3. The van der Waals surface area contributed by atoms with Crippen LogP contribution in [0.15, 0.2) is 21.1 Å². The molecule has 0 radical (unpaired) electrons. The number of nitrogens with one attached hydrogen (secondary N) is 1. The van der Waals surface area contributed by atoms with Crippen molar-refractivity contribution in [2.45, 2.75) is 13.8 Å². The second-order valence-corrected chi connectivity index (χ2v) is 5.44. The van der Waals surface area contributed by atoms with Gasteiger partial charge in [0.1, 0.15) is 0 Å². The van der Waals surface area contributed by atoms with Gasteiger partial charge in [0.05, 0.1) is 5.69 Å². The lowest BCUT2D eigenvalue weighted by molar-refractivity contribution is -0.119. The third-order valence-corrected chi connectivity index (χ3v) is 3.49. The molecule has 3 nitrogen and oxygen atoms in total. The van der Waals surface area contributed by atoms with Crippen molar-refractivity contribution in [2.75, 3.05) is 11.9 Å². The Hall–Kier alpha value is -0.390. The lowest BCUT2D eigenvalue weighted by Crippen LogP contribution is -2.27. The fourth-order valence-corrected chi connectivity index (χ4v) is 2.79. The van der Waals surface area contributed by atoms with Crippen LogP contribution in [0, 0.1) is 12.8 Å². The minimum atomic E-state index is -0.194. The van der Waals surface area contributed by atoms with Crippen LogP contribution < -0.4 is 11.1 Å². The SMILES string of the molecule is Cc1cc(Br)c(NC(=O)C(C)CN)c(Br)c1. The zero-order valence-corrected chi connectivity index (χ0v) is 12.4. The summed E-state index contributed by atoms with van der Waals surface area (Å²) in [7, 11) is 0. The first-order valence-electron chi connectivity index (χ1n) is 4.92. The molecule has 1 unspecified atom stereocenters. The van der Waals surface area contributed by atoms with Crippen LogP contribution in [0.5, 0.6) is 0 Å². The highest BCUT2D eigenvalue weighted by Crippen LogP contribution is 2.32. The number of rotatable bonds is 3. The van der Waals surface area contributed by atoms with Gasteiger partial charge in [-0.15, -0.1) is 0 Å². The molecule has 0 aliphatic carbocycles. The molecule has 3 N–H and O–H groups in total. The summed E-state index contributed by atoms with van der Waals surface area (Å²) in [5.41, 5.74) is 7.30. The first-order valence-corrected chi connectivity index (χ1v) is 6.51. The Labute approximate surface area is 112 Å². The van der Waals surface area contributed by atoms with Gasteiger partial charge in [-0.3, -0.25) is 4.79 Å². The molecule has 0 aromatic heterocycles. The van der Waals surface area contributed by atoms with E-state index >= 15 is 0 Å². The van der Waals surface area contributed by atoms with Gasteiger partial charge in [0.25, 0.3) is 0 Å². The van der Waals surface area contributed by atoms with Crippen molar-refractivity contribution in [3.8, 4) is 0 Å². The maximum atomic E-state index is 11.7. The summed E-state index contributed by atoms with van der Waals surface area (Å²) in [4.78, 5) is 11.7. The molecule has 1 rings (SSSR count). The Kier molecular flexibility index (Phi) is 4.95. The Balaban J connectivity index is 2.93. The van der Waals surface area contributed by atoms with Gasteiger partial charge in [0.15, 0.2) is 0 Å². The normalized spacial score (nSPS) is 12.3. The lowest BCUT2D eigenvalue weighted by atomic mass is 10.1. The monoisotopic (exact) mass is 348 g/mol. The summed E-state index contributed by atoms with van der Waals surface area (Å²) >= 11 is 6.84. The van der Waals surface area contributed by atoms with Gasteiger partial charge in [0.2, 0.25) is 5.91 Å². The average molecular weight is 350 g/mol. The van der Waals surface area contributed by atoms with Crippen LogP contribution in [-0.4, -0.2) is 12.5 Å². The first kappa shape index (κ1) is 13.7. The van der Waals surface area contributed by atoms with Gasteiger partial charge in [-0.05, 0) is 56.5 Å². The van der Waals surface area contributed by atoms with Crippen molar-refractivity contribution in [2.24, 2.45) is 11.7 Å². The predicted molar refractivity (Wildman–Crippen MR) is 73.4 cm³/mol. The van der Waals surface area contributed by atoms with E-state index in [4.69, 9.17) is 5.73 Å². The molecule has 0 aliphatic heterocycles. The summed E-state index contributed by atoms with van der Waals surface area (Å²) in [5.74, 6) is -0.271. The molecule has 0 aliphatic rings. The van der Waals surface area contributed by atoms with E-state index in [1.165, 1.54) is 0 Å². The number of nitrogens with two attached hydrogens (primary N) is 1. The minimum Gasteiger partial charge on any atom is -0.330 e. The number of anilines is 1. The van der Waals surface area contributed by atoms with Crippen molar-refractivity contribution in [1.29, 1.82) is 0 Å². The minimum absolute atomic E-state index is 0.0762. The van der Waals surface area contributed by atoms with E-state index in [-0.39, 0.29) is 11.8 Å². The van der Waals surface area contributed by atoms with E-state index in [2.05, 4.69) is 37.2 Å². The summed E-state index contributed by atoms with van der Waals surface area (Å²) in [6.45, 7) is 4.13.